The van der Waals surface area contributed by atoms with Crippen molar-refractivity contribution >= 4 is 16.7 Å². The molecule has 0 unspecified atom stereocenters. The van der Waals surface area contributed by atoms with Crippen molar-refractivity contribution in [2.75, 3.05) is 5.43 Å². The number of para-hydroxylation sites is 1. The van der Waals surface area contributed by atoms with Crippen molar-refractivity contribution in [1.82, 2.24) is 9.97 Å². The third-order valence-electron chi connectivity index (χ3n) is 3.11. The van der Waals surface area contributed by atoms with E-state index in [2.05, 4.69) is 15.4 Å². The first kappa shape index (κ1) is 12.5. The van der Waals surface area contributed by atoms with Gasteiger partial charge in [-0.3, -0.25) is 0 Å². The van der Waals surface area contributed by atoms with E-state index >= 15 is 0 Å². The quantitative estimate of drug-likeness (QED) is 0.554. The fourth-order valence-electron chi connectivity index (χ4n) is 2.11. The number of nitrogens with zero attached hydrogens (tertiary/aromatic N) is 2. The van der Waals surface area contributed by atoms with Crippen molar-refractivity contribution < 1.29 is 4.39 Å². The summed E-state index contributed by atoms with van der Waals surface area (Å²) in [6.45, 7) is 1.83. The maximum atomic E-state index is 14.0. The van der Waals surface area contributed by atoms with E-state index in [0.29, 0.717) is 22.7 Å². The SMILES string of the molecule is Cc1ccc(-c2nc(NN)c3ccccc3n2)c(F)c1. The molecule has 0 aliphatic carbocycles. The van der Waals surface area contributed by atoms with Crippen LogP contribution in [0.3, 0.4) is 0 Å². The maximum Gasteiger partial charge on any atom is 0.165 e. The van der Waals surface area contributed by atoms with Gasteiger partial charge < -0.3 is 5.43 Å². The molecular weight excluding hydrogens is 255 g/mol. The molecule has 1 aromatic heterocycles. The molecule has 0 radical (unpaired) electrons. The van der Waals surface area contributed by atoms with E-state index in [9.17, 15) is 4.39 Å². The highest BCUT2D eigenvalue weighted by atomic mass is 19.1. The van der Waals surface area contributed by atoms with E-state index < -0.39 is 0 Å². The minimum Gasteiger partial charge on any atom is -0.308 e. The molecule has 0 amide bonds. The number of halogens is 1. The second-order valence-electron chi connectivity index (χ2n) is 4.54. The number of nitrogens with one attached hydrogen (secondary N) is 1. The van der Waals surface area contributed by atoms with Crippen molar-refractivity contribution in [2.45, 2.75) is 6.92 Å². The van der Waals surface area contributed by atoms with Gasteiger partial charge >= 0.3 is 0 Å². The number of hydrogen-bond acceptors (Lipinski definition) is 4. The number of hydrogen-bond donors (Lipinski definition) is 2. The fourth-order valence-corrected chi connectivity index (χ4v) is 2.11. The van der Waals surface area contributed by atoms with Gasteiger partial charge in [0.1, 0.15) is 5.82 Å². The molecule has 0 aliphatic heterocycles. The summed E-state index contributed by atoms with van der Waals surface area (Å²) in [4.78, 5) is 8.69. The van der Waals surface area contributed by atoms with Crippen LogP contribution >= 0.6 is 0 Å². The zero-order chi connectivity index (χ0) is 14.1. The topological polar surface area (TPSA) is 63.8 Å². The van der Waals surface area contributed by atoms with Gasteiger partial charge in [-0.1, -0.05) is 18.2 Å². The standard InChI is InChI=1S/C15H13FN4/c1-9-6-7-10(12(16)8-9)14-18-13-5-3-2-4-11(13)15(19-14)20-17/h2-8H,17H2,1H3,(H,18,19,20). The Labute approximate surface area is 115 Å². The highest BCUT2D eigenvalue weighted by Gasteiger charge is 2.12. The Bertz CT molecular complexity index is 786. The fraction of sp³-hybridized carbons (Fsp3) is 0.0667. The van der Waals surface area contributed by atoms with Gasteiger partial charge in [0, 0.05) is 5.39 Å². The summed E-state index contributed by atoms with van der Waals surface area (Å²) in [6, 6.07) is 12.4. The summed E-state index contributed by atoms with van der Waals surface area (Å²) >= 11 is 0. The lowest BCUT2D eigenvalue weighted by Crippen LogP contribution is -2.10. The van der Waals surface area contributed by atoms with Crippen LogP contribution in [0.1, 0.15) is 5.56 Å². The Kier molecular flexibility index (Phi) is 3.04. The monoisotopic (exact) mass is 268 g/mol. The molecule has 0 saturated heterocycles. The predicted octanol–water partition coefficient (Wildman–Crippen LogP) is 3.03. The van der Waals surface area contributed by atoms with Crippen LogP contribution in [0.25, 0.3) is 22.3 Å². The lowest BCUT2D eigenvalue weighted by Gasteiger charge is -2.08. The first-order valence-electron chi connectivity index (χ1n) is 6.19. The highest BCUT2D eigenvalue weighted by Crippen LogP contribution is 2.26. The Balaban J connectivity index is 2.26. The smallest absolute Gasteiger partial charge is 0.165 e. The van der Waals surface area contributed by atoms with Crippen molar-refractivity contribution in [2.24, 2.45) is 5.84 Å². The van der Waals surface area contributed by atoms with Gasteiger partial charge in [0.15, 0.2) is 11.6 Å². The van der Waals surface area contributed by atoms with Crippen LogP contribution in [0.4, 0.5) is 10.2 Å². The average Bonchev–Trinajstić information content (AvgIpc) is 2.46. The molecule has 2 aromatic carbocycles. The number of benzene rings is 2. The average molecular weight is 268 g/mol. The van der Waals surface area contributed by atoms with Gasteiger partial charge in [-0.05, 0) is 36.8 Å². The minimum atomic E-state index is -0.344. The maximum absolute atomic E-state index is 14.0. The molecule has 20 heavy (non-hydrogen) atoms. The Morgan fingerprint density at radius 2 is 1.90 bits per heavy atom. The lowest BCUT2D eigenvalue weighted by molar-refractivity contribution is 0.629. The number of hydrazine groups is 1. The van der Waals surface area contributed by atoms with Gasteiger partial charge in [-0.25, -0.2) is 20.2 Å². The Morgan fingerprint density at radius 1 is 1.10 bits per heavy atom. The zero-order valence-electron chi connectivity index (χ0n) is 10.9. The molecule has 0 bridgehead atoms. The third-order valence-corrected chi connectivity index (χ3v) is 3.11. The number of rotatable bonds is 2. The molecule has 0 saturated carbocycles. The molecule has 0 spiro atoms. The molecule has 0 fully saturated rings. The molecule has 0 aliphatic rings. The van der Waals surface area contributed by atoms with Crippen LogP contribution in [0.5, 0.6) is 0 Å². The predicted molar refractivity (Wildman–Crippen MR) is 77.5 cm³/mol. The summed E-state index contributed by atoms with van der Waals surface area (Å²) in [5.41, 5.74) is 4.46. The van der Waals surface area contributed by atoms with E-state index in [1.165, 1.54) is 6.07 Å². The number of nitrogens with two attached hydrogens (primary N) is 1. The van der Waals surface area contributed by atoms with Crippen molar-refractivity contribution in [3.05, 3.63) is 53.8 Å². The number of fused-ring (bicyclic) bond motifs is 1. The molecule has 3 rings (SSSR count). The molecule has 3 N–H and O–H groups in total. The van der Waals surface area contributed by atoms with Gasteiger partial charge in [-0.15, -0.1) is 0 Å². The molecular formula is C15H13FN4. The van der Waals surface area contributed by atoms with Gasteiger partial charge in [0.2, 0.25) is 0 Å². The summed E-state index contributed by atoms with van der Waals surface area (Å²) in [5, 5.41) is 0.797. The first-order valence-corrected chi connectivity index (χ1v) is 6.19. The van der Waals surface area contributed by atoms with Crippen LogP contribution in [0, 0.1) is 12.7 Å². The molecule has 4 nitrogen and oxygen atoms in total. The third kappa shape index (κ3) is 2.08. The summed E-state index contributed by atoms with van der Waals surface area (Å²) < 4.78 is 14.0. The van der Waals surface area contributed by atoms with Gasteiger partial charge in [0.25, 0.3) is 0 Å². The second-order valence-corrected chi connectivity index (χ2v) is 4.54. The molecule has 100 valence electrons. The minimum absolute atomic E-state index is 0.314. The highest BCUT2D eigenvalue weighted by molar-refractivity contribution is 5.90. The molecule has 1 heterocycles. The second kappa shape index (κ2) is 4.86. The van der Waals surface area contributed by atoms with Crippen molar-refractivity contribution in [1.29, 1.82) is 0 Å². The molecule has 0 atom stereocenters. The van der Waals surface area contributed by atoms with E-state index in [0.717, 1.165) is 10.9 Å². The molecule has 5 heteroatoms. The number of aryl methyl sites for hydroxylation is 1. The van der Waals surface area contributed by atoms with Gasteiger partial charge in [-0.2, -0.15) is 0 Å². The van der Waals surface area contributed by atoms with E-state index in [1.807, 2.05) is 37.3 Å². The molecule has 3 aromatic rings. The van der Waals surface area contributed by atoms with Crippen LogP contribution in [0.15, 0.2) is 42.5 Å². The number of anilines is 1. The van der Waals surface area contributed by atoms with Crippen molar-refractivity contribution in [3.8, 4) is 11.4 Å². The Hall–Kier alpha value is -2.53. The zero-order valence-corrected chi connectivity index (χ0v) is 10.9. The lowest BCUT2D eigenvalue weighted by atomic mass is 10.1. The van der Waals surface area contributed by atoms with E-state index in [-0.39, 0.29) is 5.82 Å². The number of aromatic nitrogens is 2. The summed E-state index contributed by atoms with van der Waals surface area (Å²) in [7, 11) is 0. The first-order chi connectivity index (χ1) is 9.69. The normalized spacial score (nSPS) is 10.8. The van der Waals surface area contributed by atoms with E-state index in [1.54, 1.807) is 6.07 Å². The van der Waals surface area contributed by atoms with Crippen LogP contribution in [-0.2, 0) is 0 Å². The number of nitrogen functional groups attached to an aromatic ring is 1. The van der Waals surface area contributed by atoms with E-state index in [4.69, 9.17) is 5.84 Å². The Morgan fingerprint density at radius 3 is 2.65 bits per heavy atom. The summed E-state index contributed by atoms with van der Waals surface area (Å²) in [6.07, 6.45) is 0. The van der Waals surface area contributed by atoms with Gasteiger partial charge in [0.05, 0.1) is 11.1 Å². The summed E-state index contributed by atoms with van der Waals surface area (Å²) in [5.74, 6) is 5.94. The van der Waals surface area contributed by atoms with Crippen LogP contribution < -0.4 is 11.3 Å². The van der Waals surface area contributed by atoms with Crippen LogP contribution in [0.2, 0.25) is 0 Å². The van der Waals surface area contributed by atoms with Crippen LogP contribution in [-0.4, -0.2) is 9.97 Å². The largest absolute Gasteiger partial charge is 0.308 e. The van der Waals surface area contributed by atoms with Crippen molar-refractivity contribution in [3.63, 3.8) is 0 Å².